The molecule has 0 aliphatic heterocycles. The Morgan fingerprint density at radius 1 is 1.50 bits per heavy atom. The van der Waals surface area contributed by atoms with Gasteiger partial charge in [-0.3, -0.25) is 4.79 Å². The van der Waals surface area contributed by atoms with Crippen molar-refractivity contribution in [3.63, 3.8) is 0 Å². The molecule has 0 aromatic carbocycles. The maximum atomic E-state index is 11.5. The summed E-state index contributed by atoms with van der Waals surface area (Å²) in [6, 6.07) is 3.66. The third kappa shape index (κ3) is 2.12. The highest BCUT2D eigenvalue weighted by Crippen LogP contribution is 2.27. The Labute approximate surface area is 91.0 Å². The van der Waals surface area contributed by atoms with Crippen molar-refractivity contribution in [2.24, 2.45) is 5.92 Å². The first kappa shape index (κ1) is 9.65. The van der Waals surface area contributed by atoms with E-state index in [1.807, 2.05) is 12.1 Å². The van der Waals surface area contributed by atoms with E-state index in [0.29, 0.717) is 0 Å². The normalized spacial score (nSPS) is 16.1. The lowest BCUT2D eigenvalue weighted by atomic mass is 9.85. The zero-order chi connectivity index (χ0) is 9.97. The Bertz CT molecular complexity index is 332. The van der Waals surface area contributed by atoms with Crippen LogP contribution in [0.4, 0.5) is 5.69 Å². The molecule has 0 atom stereocenters. The van der Waals surface area contributed by atoms with Crippen LogP contribution in [0.3, 0.4) is 0 Å². The van der Waals surface area contributed by atoms with E-state index in [2.05, 4.69) is 26.2 Å². The number of aromatic nitrogens is 1. The van der Waals surface area contributed by atoms with Gasteiger partial charge in [0.1, 0.15) is 4.60 Å². The van der Waals surface area contributed by atoms with E-state index in [-0.39, 0.29) is 11.8 Å². The fourth-order valence-corrected chi connectivity index (χ4v) is 1.60. The molecule has 1 N–H and O–H groups in total. The molecule has 1 aliphatic carbocycles. The number of anilines is 1. The smallest absolute Gasteiger partial charge is 0.227 e. The van der Waals surface area contributed by atoms with E-state index in [9.17, 15) is 4.79 Å². The van der Waals surface area contributed by atoms with Gasteiger partial charge in [0.25, 0.3) is 0 Å². The van der Waals surface area contributed by atoms with Gasteiger partial charge in [-0.15, -0.1) is 0 Å². The lowest BCUT2D eigenvalue weighted by molar-refractivity contribution is -0.122. The highest BCUT2D eigenvalue weighted by molar-refractivity contribution is 9.10. The van der Waals surface area contributed by atoms with Crippen molar-refractivity contribution in [1.29, 1.82) is 0 Å². The molecule has 1 saturated carbocycles. The molecule has 1 fully saturated rings. The quantitative estimate of drug-likeness (QED) is 0.825. The van der Waals surface area contributed by atoms with Gasteiger partial charge < -0.3 is 5.32 Å². The number of pyridine rings is 1. The number of halogens is 1. The van der Waals surface area contributed by atoms with Crippen molar-refractivity contribution in [1.82, 2.24) is 4.98 Å². The number of rotatable bonds is 2. The fourth-order valence-electron chi connectivity index (χ4n) is 1.36. The van der Waals surface area contributed by atoms with Gasteiger partial charge >= 0.3 is 0 Å². The highest BCUT2D eigenvalue weighted by Gasteiger charge is 2.24. The molecular formula is C10H11BrN2O. The molecule has 0 bridgehead atoms. The zero-order valence-electron chi connectivity index (χ0n) is 7.66. The van der Waals surface area contributed by atoms with Crippen LogP contribution in [-0.2, 0) is 4.79 Å². The Hall–Kier alpha value is -0.900. The fraction of sp³-hybridized carbons (Fsp3) is 0.400. The lowest BCUT2D eigenvalue weighted by Gasteiger charge is -2.23. The second-order valence-electron chi connectivity index (χ2n) is 3.49. The monoisotopic (exact) mass is 254 g/mol. The first-order valence-electron chi connectivity index (χ1n) is 4.68. The van der Waals surface area contributed by atoms with Gasteiger partial charge in [0.2, 0.25) is 5.91 Å². The molecule has 3 nitrogen and oxygen atoms in total. The Kier molecular flexibility index (Phi) is 2.82. The van der Waals surface area contributed by atoms with E-state index >= 15 is 0 Å². The lowest BCUT2D eigenvalue weighted by Crippen LogP contribution is -2.28. The maximum absolute atomic E-state index is 11.5. The molecule has 1 amide bonds. The molecule has 1 aromatic heterocycles. The van der Waals surface area contributed by atoms with Crippen LogP contribution in [0.5, 0.6) is 0 Å². The predicted molar refractivity (Wildman–Crippen MR) is 57.9 cm³/mol. The summed E-state index contributed by atoms with van der Waals surface area (Å²) in [6.07, 6.45) is 4.88. The summed E-state index contributed by atoms with van der Waals surface area (Å²) >= 11 is 3.24. The van der Waals surface area contributed by atoms with Gasteiger partial charge in [0, 0.05) is 5.92 Å². The second kappa shape index (κ2) is 4.09. The van der Waals surface area contributed by atoms with Crippen LogP contribution in [0.2, 0.25) is 0 Å². The average molecular weight is 255 g/mol. The SMILES string of the molecule is O=C(Nc1ccc(Br)nc1)C1CCC1. The van der Waals surface area contributed by atoms with E-state index in [1.54, 1.807) is 6.20 Å². The Morgan fingerprint density at radius 3 is 2.79 bits per heavy atom. The summed E-state index contributed by atoms with van der Waals surface area (Å²) < 4.78 is 0.777. The van der Waals surface area contributed by atoms with Crippen molar-refractivity contribution < 1.29 is 4.79 Å². The molecule has 0 unspecified atom stereocenters. The van der Waals surface area contributed by atoms with E-state index in [4.69, 9.17) is 0 Å². The van der Waals surface area contributed by atoms with E-state index in [1.165, 1.54) is 6.42 Å². The van der Waals surface area contributed by atoms with Crippen LogP contribution in [0.25, 0.3) is 0 Å². The highest BCUT2D eigenvalue weighted by atomic mass is 79.9. The van der Waals surface area contributed by atoms with Crippen LogP contribution in [0.1, 0.15) is 19.3 Å². The van der Waals surface area contributed by atoms with Crippen molar-refractivity contribution >= 4 is 27.5 Å². The number of hydrogen-bond donors (Lipinski definition) is 1. The summed E-state index contributed by atoms with van der Waals surface area (Å²) in [5.74, 6) is 0.346. The minimum Gasteiger partial charge on any atom is -0.324 e. The standard InChI is InChI=1S/C10H11BrN2O/c11-9-5-4-8(6-12-9)13-10(14)7-2-1-3-7/h4-7H,1-3H2,(H,13,14). The maximum Gasteiger partial charge on any atom is 0.227 e. The minimum atomic E-state index is 0.125. The molecule has 14 heavy (non-hydrogen) atoms. The van der Waals surface area contributed by atoms with Gasteiger partial charge in [0.05, 0.1) is 11.9 Å². The predicted octanol–water partition coefficient (Wildman–Crippen LogP) is 2.58. The summed E-state index contributed by atoms with van der Waals surface area (Å²) in [5.41, 5.74) is 0.769. The number of hydrogen-bond acceptors (Lipinski definition) is 2. The molecule has 74 valence electrons. The van der Waals surface area contributed by atoms with Gasteiger partial charge in [0.15, 0.2) is 0 Å². The van der Waals surface area contributed by atoms with Crippen LogP contribution in [-0.4, -0.2) is 10.9 Å². The number of carbonyl (C=O) groups excluding carboxylic acids is 1. The topological polar surface area (TPSA) is 42.0 Å². The first-order valence-corrected chi connectivity index (χ1v) is 5.47. The van der Waals surface area contributed by atoms with Crippen LogP contribution in [0, 0.1) is 5.92 Å². The molecule has 0 radical (unpaired) electrons. The average Bonchev–Trinajstić information content (AvgIpc) is 2.06. The van der Waals surface area contributed by atoms with Crippen molar-refractivity contribution in [3.8, 4) is 0 Å². The Balaban J connectivity index is 1.96. The molecule has 1 aliphatic rings. The van der Waals surface area contributed by atoms with Crippen molar-refractivity contribution in [3.05, 3.63) is 22.9 Å². The molecule has 0 spiro atoms. The number of nitrogens with one attached hydrogen (secondary N) is 1. The Morgan fingerprint density at radius 2 is 2.29 bits per heavy atom. The number of carbonyl (C=O) groups is 1. The third-order valence-electron chi connectivity index (χ3n) is 2.47. The van der Waals surface area contributed by atoms with E-state index < -0.39 is 0 Å². The van der Waals surface area contributed by atoms with Crippen LogP contribution >= 0.6 is 15.9 Å². The molecule has 1 heterocycles. The van der Waals surface area contributed by atoms with E-state index in [0.717, 1.165) is 23.1 Å². The first-order chi connectivity index (χ1) is 6.75. The summed E-state index contributed by atoms with van der Waals surface area (Å²) in [4.78, 5) is 15.6. The number of amides is 1. The van der Waals surface area contributed by atoms with Gasteiger partial charge in [-0.25, -0.2) is 4.98 Å². The summed E-state index contributed by atoms with van der Waals surface area (Å²) in [5, 5.41) is 2.85. The van der Waals surface area contributed by atoms with Gasteiger partial charge in [-0.1, -0.05) is 6.42 Å². The largest absolute Gasteiger partial charge is 0.324 e. The molecule has 2 rings (SSSR count). The third-order valence-corrected chi connectivity index (χ3v) is 2.94. The zero-order valence-corrected chi connectivity index (χ0v) is 9.25. The minimum absolute atomic E-state index is 0.125. The van der Waals surface area contributed by atoms with Crippen LogP contribution < -0.4 is 5.32 Å². The number of nitrogens with zero attached hydrogens (tertiary/aromatic N) is 1. The summed E-state index contributed by atoms with van der Waals surface area (Å²) in [7, 11) is 0. The summed E-state index contributed by atoms with van der Waals surface area (Å²) in [6.45, 7) is 0. The molecule has 4 heteroatoms. The van der Waals surface area contributed by atoms with Gasteiger partial charge in [-0.05, 0) is 40.9 Å². The molecule has 0 saturated heterocycles. The van der Waals surface area contributed by atoms with Crippen molar-refractivity contribution in [2.75, 3.05) is 5.32 Å². The van der Waals surface area contributed by atoms with Crippen LogP contribution in [0.15, 0.2) is 22.9 Å². The molecule has 1 aromatic rings. The second-order valence-corrected chi connectivity index (χ2v) is 4.30. The van der Waals surface area contributed by atoms with Gasteiger partial charge in [-0.2, -0.15) is 0 Å². The molecular weight excluding hydrogens is 244 g/mol. The van der Waals surface area contributed by atoms with Crippen molar-refractivity contribution in [2.45, 2.75) is 19.3 Å².